The molecular weight excluding hydrogens is 524 g/mol. The summed E-state index contributed by atoms with van der Waals surface area (Å²) in [5.74, 6) is -0.518. The fraction of sp³-hybridized carbons (Fsp3) is 0.615. The monoisotopic (exact) mass is 558 g/mol. The number of carbonyl (C=O) groups is 2. The molecule has 0 N–H and O–H groups in total. The van der Waals surface area contributed by atoms with Gasteiger partial charge in [0.2, 0.25) is 0 Å². The van der Waals surface area contributed by atoms with Crippen molar-refractivity contribution in [1.29, 1.82) is 0 Å². The number of carbonyl (C=O) groups excluding carboxylic acids is 2. The summed E-state index contributed by atoms with van der Waals surface area (Å²) in [6.07, 6.45) is 12.6. The summed E-state index contributed by atoms with van der Waals surface area (Å²) in [5.41, 5.74) is 5.93. The lowest BCUT2D eigenvalue weighted by Crippen LogP contribution is -2.53. The zero-order chi connectivity index (χ0) is 26.3. The summed E-state index contributed by atoms with van der Waals surface area (Å²) in [4.78, 5) is 37.4. The lowest BCUT2D eigenvalue weighted by molar-refractivity contribution is -1.07. The van der Waals surface area contributed by atoms with Gasteiger partial charge in [0.1, 0.15) is 51.7 Å². The molecule has 2 unspecified atom stereocenters. The standard InChI is InChI=1S/C26H34N6O4S2/c1-31(11-3-5-19(15-31)23-21(27-37-29-23)13-17-7-8-17)35-25(33)26(34)36-32(2)12-4-6-20(16-32)24-22(28-38-30-24)14-18-9-10-18/h5-6,17-18H,3-4,7-16H2,1-2H3/q+2. The van der Waals surface area contributed by atoms with Gasteiger partial charge in [-0.1, -0.05) is 12.2 Å². The molecule has 4 aliphatic rings. The maximum atomic E-state index is 12.9. The van der Waals surface area contributed by atoms with E-state index in [9.17, 15) is 9.59 Å². The van der Waals surface area contributed by atoms with Crippen LogP contribution in [0.2, 0.25) is 0 Å². The lowest BCUT2D eigenvalue weighted by atomic mass is 10.0. The quantitative estimate of drug-likeness (QED) is 0.359. The molecule has 2 aromatic rings. The molecule has 2 fully saturated rings. The third kappa shape index (κ3) is 5.88. The number of hydrogen-bond acceptors (Lipinski definition) is 10. The van der Waals surface area contributed by atoms with Crippen LogP contribution < -0.4 is 0 Å². The Bertz CT molecular complexity index is 1200. The summed E-state index contributed by atoms with van der Waals surface area (Å²) in [6.45, 7) is 2.05. The Morgan fingerprint density at radius 2 is 1.18 bits per heavy atom. The van der Waals surface area contributed by atoms with Crippen LogP contribution in [0.1, 0.15) is 61.3 Å². The number of hydroxylamine groups is 6. The van der Waals surface area contributed by atoms with Crippen LogP contribution in [-0.2, 0) is 32.1 Å². The van der Waals surface area contributed by atoms with Gasteiger partial charge in [0, 0.05) is 24.0 Å². The molecular formula is C26H34N6O4S2+2. The van der Waals surface area contributed by atoms with Crippen LogP contribution in [0, 0.1) is 11.8 Å². The van der Waals surface area contributed by atoms with E-state index in [0.717, 1.165) is 59.6 Å². The van der Waals surface area contributed by atoms with E-state index in [2.05, 4.69) is 29.6 Å². The SMILES string of the molecule is C[N+]1(OC(=O)C(=O)O[N+]2(C)CCC=C(c3nsnc3CC3CC3)C2)CCC=C(c2nsnc2CC2CC2)C1. The second-order valence-electron chi connectivity index (χ2n) is 11.6. The number of quaternary nitrogens is 2. The number of rotatable bonds is 8. The van der Waals surface area contributed by atoms with Gasteiger partial charge >= 0.3 is 11.9 Å². The molecule has 2 atom stereocenters. The third-order valence-electron chi connectivity index (χ3n) is 7.85. The predicted molar refractivity (Wildman–Crippen MR) is 142 cm³/mol. The highest BCUT2D eigenvalue weighted by Crippen LogP contribution is 2.36. The second kappa shape index (κ2) is 10.2. The smallest absolute Gasteiger partial charge is 0.263 e. The zero-order valence-electron chi connectivity index (χ0n) is 21.9. The van der Waals surface area contributed by atoms with Crippen molar-refractivity contribution in [3.63, 3.8) is 0 Å². The fourth-order valence-electron chi connectivity index (χ4n) is 5.36. The fourth-order valence-corrected chi connectivity index (χ4v) is 6.57. The van der Waals surface area contributed by atoms with Gasteiger partial charge in [0.15, 0.2) is 0 Å². The largest absolute Gasteiger partial charge is 0.480 e. The van der Waals surface area contributed by atoms with E-state index in [1.54, 1.807) is 0 Å². The molecule has 38 heavy (non-hydrogen) atoms. The first-order valence-electron chi connectivity index (χ1n) is 13.5. The third-order valence-corrected chi connectivity index (χ3v) is 8.98. The molecule has 2 aliphatic heterocycles. The van der Waals surface area contributed by atoms with Gasteiger partial charge < -0.3 is 0 Å². The van der Waals surface area contributed by atoms with E-state index in [4.69, 9.17) is 9.68 Å². The van der Waals surface area contributed by atoms with Gasteiger partial charge in [0.25, 0.3) is 0 Å². The number of aromatic nitrogens is 4. The topological polar surface area (TPSA) is 104 Å². The molecule has 2 aromatic heterocycles. The van der Waals surface area contributed by atoms with E-state index in [-0.39, 0.29) is 9.29 Å². The Hall–Kier alpha value is -2.54. The minimum absolute atomic E-state index is 0.0238. The number of nitrogens with zero attached hydrogens (tertiary/aromatic N) is 6. The lowest BCUT2D eigenvalue weighted by Gasteiger charge is -2.35. The molecule has 0 amide bonds. The first-order valence-corrected chi connectivity index (χ1v) is 14.9. The van der Waals surface area contributed by atoms with Crippen molar-refractivity contribution in [3.05, 3.63) is 34.9 Å². The first kappa shape index (κ1) is 25.7. The van der Waals surface area contributed by atoms with Crippen LogP contribution >= 0.6 is 23.5 Å². The molecule has 4 heterocycles. The summed E-state index contributed by atoms with van der Waals surface area (Å²) in [5, 5.41) is 0. The van der Waals surface area contributed by atoms with Gasteiger partial charge in [-0.25, -0.2) is 9.59 Å². The van der Waals surface area contributed by atoms with Gasteiger partial charge in [-0.3, -0.25) is 9.68 Å². The highest BCUT2D eigenvalue weighted by Gasteiger charge is 2.42. The maximum Gasteiger partial charge on any atom is 0.480 e. The highest BCUT2D eigenvalue weighted by atomic mass is 32.1. The Morgan fingerprint density at radius 3 is 1.58 bits per heavy atom. The van der Waals surface area contributed by atoms with Crippen molar-refractivity contribution in [2.75, 3.05) is 40.3 Å². The Balaban J connectivity index is 1.07. The average molecular weight is 559 g/mol. The molecule has 0 radical (unpaired) electrons. The average Bonchev–Trinajstić information content (AvgIpc) is 3.77. The van der Waals surface area contributed by atoms with Crippen molar-refractivity contribution < 1.29 is 28.6 Å². The van der Waals surface area contributed by atoms with Crippen LogP contribution in [0.25, 0.3) is 11.1 Å². The molecule has 6 rings (SSSR count). The predicted octanol–water partition coefficient (Wildman–Crippen LogP) is 3.38. The Morgan fingerprint density at radius 1 is 0.763 bits per heavy atom. The van der Waals surface area contributed by atoms with Crippen molar-refractivity contribution in [2.24, 2.45) is 11.8 Å². The van der Waals surface area contributed by atoms with E-state index in [1.165, 1.54) is 49.1 Å². The first-order chi connectivity index (χ1) is 18.3. The minimum atomic E-state index is -0.969. The Kier molecular flexibility index (Phi) is 6.91. The van der Waals surface area contributed by atoms with E-state index in [0.29, 0.717) is 38.0 Å². The van der Waals surface area contributed by atoms with Gasteiger partial charge in [0.05, 0.1) is 34.8 Å². The summed E-state index contributed by atoms with van der Waals surface area (Å²) in [6, 6.07) is 0. The summed E-state index contributed by atoms with van der Waals surface area (Å²) >= 11 is 2.46. The molecule has 12 heteroatoms. The van der Waals surface area contributed by atoms with Crippen molar-refractivity contribution >= 4 is 46.5 Å². The van der Waals surface area contributed by atoms with Crippen LogP contribution in [0.3, 0.4) is 0 Å². The molecule has 0 spiro atoms. The van der Waals surface area contributed by atoms with E-state index in [1.807, 2.05) is 14.1 Å². The van der Waals surface area contributed by atoms with E-state index < -0.39 is 11.9 Å². The van der Waals surface area contributed by atoms with Crippen LogP contribution in [0.15, 0.2) is 12.2 Å². The van der Waals surface area contributed by atoms with Crippen LogP contribution in [-0.4, -0.2) is 79.0 Å². The maximum absolute atomic E-state index is 12.9. The number of likely N-dealkylation sites (N-methyl/N-ethyl adjacent to an activating group) is 2. The van der Waals surface area contributed by atoms with Crippen molar-refractivity contribution in [3.8, 4) is 0 Å². The number of hydrogen-bond donors (Lipinski definition) is 0. The van der Waals surface area contributed by atoms with Crippen molar-refractivity contribution in [1.82, 2.24) is 17.5 Å². The van der Waals surface area contributed by atoms with Crippen molar-refractivity contribution in [2.45, 2.75) is 51.4 Å². The molecule has 2 aliphatic carbocycles. The Labute approximate surface area is 230 Å². The van der Waals surface area contributed by atoms with Gasteiger partial charge in [-0.15, -0.1) is 9.29 Å². The molecule has 0 aromatic carbocycles. The zero-order valence-corrected chi connectivity index (χ0v) is 23.6. The van der Waals surface area contributed by atoms with Crippen LogP contribution in [0.5, 0.6) is 0 Å². The molecule has 10 nitrogen and oxygen atoms in total. The highest BCUT2D eigenvalue weighted by molar-refractivity contribution is 6.99. The molecule has 2 saturated carbocycles. The van der Waals surface area contributed by atoms with Gasteiger partial charge in [-0.05, 0) is 50.4 Å². The minimum Gasteiger partial charge on any atom is -0.263 e. The van der Waals surface area contributed by atoms with Gasteiger partial charge in [-0.2, -0.15) is 17.5 Å². The summed E-state index contributed by atoms with van der Waals surface area (Å²) in [7, 11) is 3.65. The van der Waals surface area contributed by atoms with E-state index >= 15 is 0 Å². The molecule has 0 bridgehead atoms. The molecule has 0 saturated heterocycles. The second-order valence-corrected chi connectivity index (χ2v) is 12.6. The van der Waals surface area contributed by atoms with Crippen LogP contribution in [0.4, 0.5) is 0 Å². The normalized spacial score (nSPS) is 27.4. The summed E-state index contributed by atoms with van der Waals surface area (Å²) < 4.78 is 18.1. The molecule has 202 valence electrons.